The summed E-state index contributed by atoms with van der Waals surface area (Å²) in [6.45, 7) is 0.846. The van der Waals surface area contributed by atoms with E-state index in [1.807, 2.05) is 6.07 Å². The van der Waals surface area contributed by atoms with Crippen molar-refractivity contribution < 1.29 is 22.8 Å². The number of alkyl halides is 3. The van der Waals surface area contributed by atoms with E-state index in [9.17, 15) is 22.8 Å². The molecule has 3 aromatic rings. The van der Waals surface area contributed by atoms with E-state index in [0.717, 1.165) is 17.3 Å². The third-order valence-corrected chi connectivity index (χ3v) is 5.98. The van der Waals surface area contributed by atoms with Crippen LogP contribution in [0, 0.1) is 0 Å². The monoisotopic (exact) mass is 467 g/mol. The predicted octanol–water partition coefficient (Wildman–Crippen LogP) is 4.76. The summed E-state index contributed by atoms with van der Waals surface area (Å²) in [6.07, 6.45) is -3.93. The van der Waals surface area contributed by atoms with Gasteiger partial charge in [-0.2, -0.15) is 13.2 Å². The molecule has 7 nitrogen and oxygen atoms in total. The van der Waals surface area contributed by atoms with E-state index in [2.05, 4.69) is 15.6 Å². The summed E-state index contributed by atoms with van der Waals surface area (Å²) in [7, 11) is 3.32. The summed E-state index contributed by atoms with van der Waals surface area (Å²) in [4.78, 5) is 32.1. The Hall–Kier alpha value is -4.08. The average Bonchev–Trinajstić information content (AvgIpc) is 3.23. The van der Waals surface area contributed by atoms with Crippen LogP contribution in [-0.2, 0) is 19.3 Å². The number of hydrogen-bond acceptors (Lipinski definition) is 5. The fourth-order valence-electron chi connectivity index (χ4n) is 4.35. The Kier molecular flexibility index (Phi) is 4.96. The third kappa shape index (κ3) is 3.60. The summed E-state index contributed by atoms with van der Waals surface area (Å²) in [5.41, 5.74) is 1.90. The van der Waals surface area contributed by atoms with Gasteiger partial charge in [0, 0.05) is 39.4 Å². The Bertz CT molecular complexity index is 1340. The molecule has 0 radical (unpaired) electrons. The normalized spacial score (nSPS) is 15.0. The molecule has 174 valence electrons. The smallest absolute Gasteiger partial charge is 0.354 e. The van der Waals surface area contributed by atoms with Gasteiger partial charge in [-0.15, -0.1) is 0 Å². The molecule has 0 bridgehead atoms. The Balaban J connectivity index is 1.54. The highest BCUT2D eigenvalue weighted by atomic mass is 19.4. The maximum atomic E-state index is 13.8. The number of aromatic nitrogens is 1. The van der Waals surface area contributed by atoms with Gasteiger partial charge >= 0.3 is 6.18 Å². The zero-order valence-electron chi connectivity index (χ0n) is 18.3. The van der Waals surface area contributed by atoms with E-state index in [-0.39, 0.29) is 29.0 Å². The molecule has 0 unspecified atom stereocenters. The van der Waals surface area contributed by atoms with Crippen LogP contribution < -0.4 is 10.6 Å². The summed E-state index contributed by atoms with van der Waals surface area (Å²) >= 11 is 0. The van der Waals surface area contributed by atoms with Crippen LogP contribution in [0.15, 0.2) is 48.7 Å². The van der Waals surface area contributed by atoms with Crippen molar-refractivity contribution in [3.8, 4) is 0 Å². The first kappa shape index (κ1) is 21.7. The minimum absolute atomic E-state index is 0.127. The van der Waals surface area contributed by atoms with Crippen LogP contribution in [0.2, 0.25) is 0 Å². The van der Waals surface area contributed by atoms with Gasteiger partial charge in [0.05, 0.1) is 33.8 Å². The number of amides is 2. The van der Waals surface area contributed by atoms with Crippen molar-refractivity contribution in [2.24, 2.45) is 0 Å². The largest absolute Gasteiger partial charge is 0.419 e. The van der Waals surface area contributed by atoms with Gasteiger partial charge in [-0.05, 0) is 23.3 Å². The molecule has 0 saturated carbocycles. The predicted molar refractivity (Wildman–Crippen MR) is 120 cm³/mol. The van der Waals surface area contributed by atoms with Gasteiger partial charge < -0.3 is 20.4 Å². The molecule has 0 atom stereocenters. The zero-order chi connectivity index (χ0) is 24.2. The summed E-state index contributed by atoms with van der Waals surface area (Å²) in [5.74, 6) is -0.311. The molecular weight excluding hydrogens is 447 g/mol. The molecule has 10 heteroatoms. The van der Waals surface area contributed by atoms with Crippen molar-refractivity contribution in [2.45, 2.75) is 19.3 Å². The molecule has 2 aliphatic rings. The van der Waals surface area contributed by atoms with E-state index >= 15 is 0 Å². The quantitative estimate of drug-likeness (QED) is 0.579. The lowest BCUT2D eigenvalue weighted by Gasteiger charge is -2.18. The molecule has 0 saturated heterocycles. The fraction of sp³-hybridized carbons (Fsp3) is 0.208. The van der Waals surface area contributed by atoms with Crippen LogP contribution >= 0.6 is 0 Å². The Morgan fingerprint density at radius 1 is 0.824 bits per heavy atom. The third-order valence-electron chi connectivity index (χ3n) is 5.98. The molecule has 0 aliphatic carbocycles. The maximum Gasteiger partial charge on any atom is 0.419 e. The number of anilines is 4. The van der Waals surface area contributed by atoms with Crippen molar-refractivity contribution >= 4 is 34.7 Å². The van der Waals surface area contributed by atoms with Crippen LogP contribution in [0.5, 0.6) is 0 Å². The second kappa shape index (κ2) is 7.75. The minimum Gasteiger partial charge on any atom is -0.354 e. The number of rotatable bonds is 4. The molecule has 2 N–H and O–H groups in total. The summed E-state index contributed by atoms with van der Waals surface area (Å²) in [6, 6.07) is 11.6. The number of benzene rings is 2. The molecule has 1 aromatic heterocycles. The SMILES string of the molecule is CN1Cc2cccc(Nc3cc(Nc4cccc5c4C(=O)N(C)C5)c(C(F)(F)F)cn3)c2C1=O. The Morgan fingerprint density at radius 2 is 1.35 bits per heavy atom. The highest BCUT2D eigenvalue weighted by Crippen LogP contribution is 2.39. The van der Waals surface area contributed by atoms with E-state index < -0.39 is 11.7 Å². The van der Waals surface area contributed by atoms with E-state index in [4.69, 9.17) is 0 Å². The molecule has 5 rings (SSSR count). The Labute approximate surface area is 193 Å². The van der Waals surface area contributed by atoms with Crippen LogP contribution in [0.3, 0.4) is 0 Å². The van der Waals surface area contributed by atoms with Crippen molar-refractivity contribution in [3.05, 3.63) is 76.5 Å². The molecule has 0 fully saturated rings. The molecule has 3 heterocycles. The Morgan fingerprint density at radius 3 is 1.88 bits per heavy atom. The number of nitrogens with one attached hydrogen (secondary N) is 2. The lowest BCUT2D eigenvalue weighted by Crippen LogP contribution is -2.18. The van der Waals surface area contributed by atoms with Crippen molar-refractivity contribution in [3.63, 3.8) is 0 Å². The first-order valence-electron chi connectivity index (χ1n) is 10.5. The van der Waals surface area contributed by atoms with E-state index in [1.165, 1.54) is 11.0 Å². The second-order valence-corrected chi connectivity index (χ2v) is 8.36. The number of carbonyl (C=O) groups is 2. The van der Waals surface area contributed by atoms with Crippen molar-refractivity contribution in [1.82, 2.24) is 14.8 Å². The molecule has 34 heavy (non-hydrogen) atoms. The lowest BCUT2D eigenvalue weighted by atomic mass is 10.1. The van der Waals surface area contributed by atoms with E-state index in [0.29, 0.717) is 29.9 Å². The van der Waals surface area contributed by atoms with Crippen LogP contribution in [0.25, 0.3) is 0 Å². The van der Waals surface area contributed by atoms with Gasteiger partial charge in [0.1, 0.15) is 5.82 Å². The average molecular weight is 467 g/mol. The maximum absolute atomic E-state index is 13.8. The number of fused-ring (bicyclic) bond motifs is 2. The first-order chi connectivity index (χ1) is 16.1. The van der Waals surface area contributed by atoms with Crippen molar-refractivity contribution in [1.29, 1.82) is 0 Å². The standard InChI is InChI=1S/C24H20F3N5O2/c1-31-11-13-5-3-7-16(20(13)22(31)33)29-18-9-19(28-10-15(18)24(25,26)27)30-17-8-4-6-14-12-32(2)23(34)21(14)17/h3-10H,11-12H2,1-2H3,(H2,28,29,30). The number of halogens is 3. The van der Waals surface area contributed by atoms with Crippen molar-refractivity contribution in [2.75, 3.05) is 24.7 Å². The highest BCUT2D eigenvalue weighted by molar-refractivity contribution is 6.05. The number of carbonyl (C=O) groups excluding carboxylic acids is 2. The molecule has 2 amide bonds. The number of nitrogens with zero attached hydrogens (tertiary/aromatic N) is 3. The van der Waals surface area contributed by atoms with Gasteiger partial charge in [-0.3, -0.25) is 9.59 Å². The lowest BCUT2D eigenvalue weighted by molar-refractivity contribution is -0.137. The fourth-order valence-corrected chi connectivity index (χ4v) is 4.35. The minimum atomic E-state index is -4.67. The highest BCUT2D eigenvalue weighted by Gasteiger charge is 2.35. The van der Waals surface area contributed by atoms with Gasteiger partial charge in [0.25, 0.3) is 11.8 Å². The molecule has 0 spiro atoms. The molecule has 2 aromatic carbocycles. The zero-order valence-corrected chi connectivity index (χ0v) is 18.3. The number of pyridine rings is 1. The summed E-state index contributed by atoms with van der Waals surface area (Å²) in [5, 5.41) is 5.79. The van der Waals surface area contributed by atoms with Gasteiger partial charge in [-0.1, -0.05) is 24.3 Å². The van der Waals surface area contributed by atoms with E-state index in [1.54, 1.807) is 49.3 Å². The first-order valence-corrected chi connectivity index (χ1v) is 10.5. The van der Waals surface area contributed by atoms with Crippen LogP contribution in [-0.4, -0.2) is 40.7 Å². The van der Waals surface area contributed by atoms with Gasteiger partial charge in [0.2, 0.25) is 0 Å². The van der Waals surface area contributed by atoms with Crippen LogP contribution in [0.1, 0.15) is 37.4 Å². The topological polar surface area (TPSA) is 77.6 Å². The van der Waals surface area contributed by atoms with Gasteiger partial charge in [-0.25, -0.2) is 4.98 Å². The molecule has 2 aliphatic heterocycles. The van der Waals surface area contributed by atoms with Crippen LogP contribution in [0.4, 0.5) is 36.1 Å². The summed E-state index contributed by atoms with van der Waals surface area (Å²) < 4.78 is 41.3. The van der Waals surface area contributed by atoms with Gasteiger partial charge in [0.15, 0.2) is 0 Å². The number of hydrogen-bond donors (Lipinski definition) is 2. The molecular formula is C24H20F3N5O2. The second-order valence-electron chi connectivity index (χ2n) is 8.36.